The van der Waals surface area contributed by atoms with E-state index in [0.29, 0.717) is 13.1 Å². The Morgan fingerprint density at radius 3 is 2.35 bits per heavy atom. The fourth-order valence-electron chi connectivity index (χ4n) is 2.44. The minimum atomic E-state index is -3.13. The molecule has 8 heteroatoms. The predicted molar refractivity (Wildman–Crippen MR) is 84.9 cm³/mol. The molecule has 6 nitrogen and oxygen atoms in total. The minimum absolute atomic E-state index is 0.211. The molecule has 0 radical (unpaired) electrons. The summed E-state index contributed by atoms with van der Waals surface area (Å²) in [4.78, 5) is 4.53. The van der Waals surface area contributed by atoms with Gasteiger partial charge in [0.25, 0.3) is 0 Å². The summed E-state index contributed by atoms with van der Waals surface area (Å²) in [5, 5.41) is 3.27. The van der Waals surface area contributed by atoms with Crippen LogP contribution in [0.1, 0.15) is 0 Å². The van der Waals surface area contributed by atoms with Crippen molar-refractivity contribution in [2.45, 2.75) is 0 Å². The van der Waals surface area contributed by atoms with Gasteiger partial charge in [-0.15, -0.1) is 0 Å². The van der Waals surface area contributed by atoms with Gasteiger partial charge < -0.3 is 10.2 Å². The number of nitrogens with one attached hydrogen (secondary N) is 2. The smallest absolute Gasteiger partial charge is 0.212 e. The van der Waals surface area contributed by atoms with Crippen molar-refractivity contribution in [3.63, 3.8) is 0 Å². The molecule has 0 saturated carbocycles. The lowest BCUT2D eigenvalue weighted by atomic mass is 10.4. The molecular formula is C12H26N4O2S2. The first-order chi connectivity index (χ1) is 9.66. The van der Waals surface area contributed by atoms with Gasteiger partial charge in [0.1, 0.15) is 0 Å². The third kappa shape index (κ3) is 6.28. The lowest BCUT2D eigenvalue weighted by molar-refractivity contribution is 0.253. The molecule has 2 heterocycles. The van der Waals surface area contributed by atoms with Crippen LogP contribution in [0.5, 0.6) is 0 Å². The Kier molecular flexibility index (Phi) is 7.06. The van der Waals surface area contributed by atoms with Crippen molar-refractivity contribution in [3.8, 4) is 0 Å². The van der Waals surface area contributed by atoms with Gasteiger partial charge >= 0.3 is 0 Å². The Bertz CT molecular complexity index is 366. The van der Waals surface area contributed by atoms with Crippen LogP contribution in [0.3, 0.4) is 0 Å². The quantitative estimate of drug-likeness (QED) is 0.618. The van der Waals surface area contributed by atoms with Crippen LogP contribution in [0.4, 0.5) is 0 Å². The van der Waals surface area contributed by atoms with Crippen molar-refractivity contribution < 1.29 is 8.42 Å². The summed E-state index contributed by atoms with van der Waals surface area (Å²) in [5.74, 6) is 2.54. The van der Waals surface area contributed by atoms with Gasteiger partial charge in [-0.25, -0.2) is 13.1 Å². The summed E-state index contributed by atoms with van der Waals surface area (Å²) in [6.07, 6.45) is 0. The first-order valence-electron chi connectivity index (χ1n) is 7.36. The molecule has 0 unspecified atom stereocenters. The summed E-state index contributed by atoms with van der Waals surface area (Å²) in [7, 11) is -3.13. The van der Waals surface area contributed by atoms with Crippen LogP contribution < -0.4 is 10.0 Å². The van der Waals surface area contributed by atoms with Gasteiger partial charge in [-0.2, -0.15) is 11.8 Å². The van der Waals surface area contributed by atoms with Gasteiger partial charge in [0.05, 0.1) is 5.75 Å². The van der Waals surface area contributed by atoms with Gasteiger partial charge in [-0.3, -0.25) is 4.90 Å². The molecule has 0 aromatic carbocycles. The second-order valence-electron chi connectivity index (χ2n) is 5.26. The van der Waals surface area contributed by atoms with Crippen LogP contribution >= 0.6 is 11.8 Å². The average molecular weight is 323 g/mol. The van der Waals surface area contributed by atoms with Gasteiger partial charge in [-0.05, 0) is 0 Å². The summed E-state index contributed by atoms with van der Waals surface area (Å²) >= 11 is 1.97. The van der Waals surface area contributed by atoms with E-state index in [0.717, 1.165) is 57.3 Å². The highest BCUT2D eigenvalue weighted by Gasteiger charge is 2.16. The number of hydrogen-bond donors (Lipinski definition) is 2. The van der Waals surface area contributed by atoms with Crippen molar-refractivity contribution in [1.82, 2.24) is 19.8 Å². The van der Waals surface area contributed by atoms with Crippen molar-refractivity contribution in [2.75, 3.05) is 76.2 Å². The fourth-order valence-corrected chi connectivity index (χ4v) is 4.46. The van der Waals surface area contributed by atoms with Crippen molar-refractivity contribution in [1.29, 1.82) is 0 Å². The first-order valence-corrected chi connectivity index (χ1v) is 10.2. The molecule has 0 aromatic heterocycles. The summed E-state index contributed by atoms with van der Waals surface area (Å²) in [5.41, 5.74) is 0. The lowest BCUT2D eigenvalue weighted by Gasteiger charge is -2.27. The normalized spacial score (nSPS) is 23.0. The second kappa shape index (κ2) is 8.55. The van der Waals surface area contributed by atoms with E-state index >= 15 is 0 Å². The summed E-state index contributed by atoms with van der Waals surface area (Å²) in [6, 6.07) is 0. The molecule has 2 rings (SSSR count). The van der Waals surface area contributed by atoms with Crippen LogP contribution in [0, 0.1) is 0 Å². The molecule has 20 heavy (non-hydrogen) atoms. The van der Waals surface area contributed by atoms with Gasteiger partial charge in [-0.1, -0.05) is 0 Å². The Morgan fingerprint density at radius 1 is 1.00 bits per heavy atom. The zero-order chi connectivity index (χ0) is 14.3. The molecule has 2 aliphatic rings. The van der Waals surface area contributed by atoms with Crippen molar-refractivity contribution in [3.05, 3.63) is 0 Å². The van der Waals surface area contributed by atoms with E-state index in [9.17, 15) is 8.42 Å². The lowest BCUT2D eigenvalue weighted by Crippen LogP contribution is -2.46. The number of rotatable bonds is 7. The highest BCUT2D eigenvalue weighted by atomic mass is 32.2. The molecule has 2 N–H and O–H groups in total. The zero-order valence-corrected chi connectivity index (χ0v) is 13.6. The van der Waals surface area contributed by atoms with Crippen molar-refractivity contribution >= 4 is 21.8 Å². The number of nitrogens with zero attached hydrogens (tertiary/aromatic N) is 2. The van der Waals surface area contributed by atoms with E-state index in [-0.39, 0.29) is 5.75 Å². The van der Waals surface area contributed by atoms with Crippen LogP contribution in [0.25, 0.3) is 0 Å². The molecule has 0 amide bonds. The maximum atomic E-state index is 11.9. The first kappa shape index (κ1) is 16.5. The van der Waals surface area contributed by atoms with E-state index in [1.54, 1.807) is 0 Å². The van der Waals surface area contributed by atoms with Crippen molar-refractivity contribution in [2.24, 2.45) is 0 Å². The van der Waals surface area contributed by atoms with Crippen LogP contribution in [-0.4, -0.2) is 94.4 Å². The third-order valence-electron chi connectivity index (χ3n) is 3.74. The maximum Gasteiger partial charge on any atom is 0.212 e. The van der Waals surface area contributed by atoms with Crippen LogP contribution in [0.2, 0.25) is 0 Å². The minimum Gasteiger partial charge on any atom is -0.314 e. The average Bonchev–Trinajstić information content (AvgIpc) is 2.47. The fraction of sp³-hybridized carbons (Fsp3) is 1.00. The SMILES string of the molecule is O=S(=O)(CCN1CCNCC1)NCCN1CCSCC1. The largest absolute Gasteiger partial charge is 0.314 e. The Labute approximate surface area is 126 Å². The van der Waals surface area contributed by atoms with E-state index in [1.807, 2.05) is 11.8 Å². The molecule has 2 fully saturated rings. The van der Waals surface area contributed by atoms with Gasteiger partial charge in [0.15, 0.2) is 0 Å². The molecule has 0 atom stereocenters. The van der Waals surface area contributed by atoms with E-state index in [1.165, 1.54) is 0 Å². The molecular weight excluding hydrogens is 296 g/mol. The van der Waals surface area contributed by atoms with E-state index in [2.05, 4.69) is 19.8 Å². The monoisotopic (exact) mass is 322 g/mol. The zero-order valence-electron chi connectivity index (χ0n) is 12.0. The predicted octanol–water partition coefficient (Wildman–Crippen LogP) is -1.14. The molecule has 118 valence electrons. The van der Waals surface area contributed by atoms with E-state index < -0.39 is 10.0 Å². The standard InChI is InChI=1S/C12H26N4O2S2/c17-20(18,12-9-15-4-1-13-2-5-15)14-3-6-16-7-10-19-11-8-16/h13-14H,1-12H2. The number of piperazine rings is 1. The molecule has 0 spiro atoms. The molecule has 0 bridgehead atoms. The topological polar surface area (TPSA) is 64.7 Å². The van der Waals surface area contributed by atoms with Crippen LogP contribution in [0.15, 0.2) is 0 Å². The Balaban J connectivity index is 1.60. The maximum absolute atomic E-state index is 11.9. The number of thioether (sulfide) groups is 1. The number of sulfonamides is 1. The molecule has 2 aliphatic heterocycles. The summed E-state index contributed by atoms with van der Waals surface area (Å²) < 4.78 is 26.6. The highest BCUT2D eigenvalue weighted by molar-refractivity contribution is 7.99. The molecule has 0 aromatic rings. The number of hydrogen-bond acceptors (Lipinski definition) is 6. The van der Waals surface area contributed by atoms with Gasteiger partial charge in [0, 0.05) is 70.4 Å². The second-order valence-corrected chi connectivity index (χ2v) is 8.41. The van der Waals surface area contributed by atoms with Crippen LogP contribution in [-0.2, 0) is 10.0 Å². The molecule has 2 saturated heterocycles. The molecule has 0 aliphatic carbocycles. The third-order valence-corrected chi connectivity index (χ3v) is 6.05. The highest BCUT2D eigenvalue weighted by Crippen LogP contribution is 2.08. The van der Waals surface area contributed by atoms with Gasteiger partial charge in [0.2, 0.25) is 10.0 Å². The van der Waals surface area contributed by atoms with E-state index in [4.69, 9.17) is 0 Å². The Morgan fingerprint density at radius 2 is 1.65 bits per heavy atom. The summed E-state index contributed by atoms with van der Waals surface area (Å²) in [6.45, 7) is 7.96. The Hall–Kier alpha value is 0.140.